The highest BCUT2D eigenvalue weighted by atomic mass is 19.4. The van der Waals surface area contributed by atoms with Gasteiger partial charge in [-0.1, -0.05) is 6.92 Å². The summed E-state index contributed by atoms with van der Waals surface area (Å²) in [6, 6.07) is 0. The van der Waals surface area contributed by atoms with Gasteiger partial charge in [-0.3, -0.25) is 0 Å². The summed E-state index contributed by atoms with van der Waals surface area (Å²) in [7, 11) is 1.17. The van der Waals surface area contributed by atoms with Crippen LogP contribution >= 0.6 is 0 Å². The number of hydrogen-bond donors (Lipinski definition) is 1. The Morgan fingerprint density at radius 1 is 1.05 bits per heavy atom. The lowest BCUT2D eigenvalue weighted by atomic mass is 10.3. The van der Waals surface area contributed by atoms with E-state index >= 15 is 0 Å². The molecule has 0 heterocycles. The molecule has 0 aromatic carbocycles. The first-order valence-corrected chi connectivity index (χ1v) is 5.61. The first-order valence-electron chi connectivity index (χ1n) is 5.61. The second-order valence-electron chi connectivity index (χ2n) is 3.88. The number of alkyl halides is 6. The number of halogens is 6. The Balaban J connectivity index is 4.65. The van der Waals surface area contributed by atoms with Crippen molar-refractivity contribution in [3.63, 3.8) is 0 Å². The molecule has 1 atom stereocenters. The number of nitrogens with one attached hydrogen (secondary N) is 1. The second-order valence-corrected chi connectivity index (χ2v) is 3.88. The summed E-state index contributed by atoms with van der Waals surface area (Å²) >= 11 is 0. The van der Waals surface area contributed by atoms with Crippen LogP contribution in [0.1, 0.15) is 13.3 Å². The summed E-state index contributed by atoms with van der Waals surface area (Å²) in [5, 5.41) is 2.69. The normalized spacial score (nSPS) is 15.0. The second kappa shape index (κ2) is 7.91. The van der Waals surface area contributed by atoms with E-state index < -0.39 is 24.6 Å². The van der Waals surface area contributed by atoms with Gasteiger partial charge in [0.25, 0.3) is 0 Å². The van der Waals surface area contributed by atoms with Crippen molar-refractivity contribution in [3.8, 4) is 0 Å². The third kappa shape index (κ3) is 7.58. The summed E-state index contributed by atoms with van der Waals surface area (Å²) < 4.78 is 82.5. The minimum Gasteiger partial charge on any atom is -0.382 e. The Labute approximate surface area is 107 Å². The van der Waals surface area contributed by atoms with Crippen LogP contribution in [0.4, 0.5) is 26.3 Å². The molecule has 0 aromatic heterocycles. The van der Waals surface area contributed by atoms with Crippen molar-refractivity contribution >= 4 is 0 Å². The van der Waals surface area contributed by atoms with Crippen LogP contribution in [0, 0.1) is 0 Å². The van der Waals surface area contributed by atoms with E-state index in [9.17, 15) is 26.3 Å². The molecule has 116 valence electrons. The van der Waals surface area contributed by atoms with Crippen LogP contribution < -0.4 is 5.32 Å². The molecule has 0 saturated heterocycles. The van der Waals surface area contributed by atoms with Crippen LogP contribution in [0.2, 0.25) is 0 Å². The predicted molar refractivity (Wildman–Crippen MR) is 55.8 cm³/mol. The molecule has 0 aromatic rings. The standard InChI is InChI=1S/C10H17F6NO2/c1-3-4-17-5-7(6-18-2)19-8(9(11,12)13)10(14,15)16/h7-8,17H,3-6H2,1-2H3. The molecule has 3 nitrogen and oxygen atoms in total. The van der Waals surface area contributed by atoms with E-state index in [2.05, 4.69) is 14.8 Å². The topological polar surface area (TPSA) is 30.5 Å². The van der Waals surface area contributed by atoms with Crippen LogP contribution in [0.15, 0.2) is 0 Å². The highest BCUT2D eigenvalue weighted by molar-refractivity contribution is 4.78. The molecule has 0 rings (SSSR count). The van der Waals surface area contributed by atoms with Crippen molar-refractivity contribution in [3.05, 3.63) is 0 Å². The van der Waals surface area contributed by atoms with Crippen molar-refractivity contribution in [1.82, 2.24) is 5.32 Å². The predicted octanol–water partition coefficient (Wildman–Crippen LogP) is 2.51. The fourth-order valence-electron chi connectivity index (χ4n) is 1.30. The van der Waals surface area contributed by atoms with Crippen molar-refractivity contribution in [1.29, 1.82) is 0 Å². The van der Waals surface area contributed by atoms with Crippen molar-refractivity contribution in [2.24, 2.45) is 0 Å². The lowest BCUT2D eigenvalue weighted by Gasteiger charge is -2.27. The Morgan fingerprint density at radius 2 is 1.58 bits per heavy atom. The number of methoxy groups -OCH3 is 1. The molecule has 19 heavy (non-hydrogen) atoms. The number of rotatable bonds is 8. The van der Waals surface area contributed by atoms with Crippen molar-refractivity contribution < 1.29 is 35.8 Å². The maximum atomic E-state index is 12.3. The average Bonchev–Trinajstić information content (AvgIpc) is 2.22. The molecule has 0 spiro atoms. The maximum absolute atomic E-state index is 12.3. The summed E-state index contributed by atoms with van der Waals surface area (Å²) in [4.78, 5) is 0. The van der Waals surface area contributed by atoms with Crippen molar-refractivity contribution in [2.75, 3.05) is 26.8 Å². The van der Waals surface area contributed by atoms with Gasteiger partial charge >= 0.3 is 12.4 Å². The van der Waals surface area contributed by atoms with E-state index in [4.69, 9.17) is 0 Å². The lowest BCUT2D eigenvalue weighted by molar-refractivity contribution is -0.332. The monoisotopic (exact) mass is 297 g/mol. The van der Waals surface area contributed by atoms with Gasteiger partial charge in [-0.25, -0.2) is 0 Å². The fourth-order valence-corrected chi connectivity index (χ4v) is 1.30. The van der Waals surface area contributed by atoms with Gasteiger partial charge < -0.3 is 14.8 Å². The molecule has 1 N–H and O–H groups in total. The molecule has 1 unspecified atom stereocenters. The van der Waals surface area contributed by atoms with E-state index in [-0.39, 0.29) is 13.2 Å². The van der Waals surface area contributed by atoms with Crippen LogP contribution in [0.25, 0.3) is 0 Å². The molecule has 0 aliphatic carbocycles. The molecule has 9 heteroatoms. The van der Waals surface area contributed by atoms with E-state index in [0.29, 0.717) is 13.0 Å². The van der Waals surface area contributed by atoms with Gasteiger partial charge in [-0.05, 0) is 13.0 Å². The lowest BCUT2D eigenvalue weighted by Crippen LogP contribution is -2.49. The minimum atomic E-state index is -5.50. The quantitative estimate of drug-likeness (QED) is 0.551. The minimum absolute atomic E-state index is 0.148. The molecule has 0 fully saturated rings. The number of ether oxygens (including phenoxy) is 2. The summed E-state index contributed by atoms with van der Waals surface area (Å²) in [5.74, 6) is 0. The molecular weight excluding hydrogens is 280 g/mol. The first-order chi connectivity index (χ1) is 8.62. The first kappa shape index (κ1) is 18.5. The van der Waals surface area contributed by atoms with Gasteiger partial charge in [-0.15, -0.1) is 0 Å². The van der Waals surface area contributed by atoms with E-state index in [1.807, 2.05) is 6.92 Å². The molecule has 0 saturated carbocycles. The largest absolute Gasteiger partial charge is 0.423 e. The van der Waals surface area contributed by atoms with Gasteiger partial charge in [0, 0.05) is 13.7 Å². The van der Waals surface area contributed by atoms with Gasteiger partial charge in [0.05, 0.1) is 12.7 Å². The summed E-state index contributed by atoms with van der Waals surface area (Å²) in [5.41, 5.74) is 0. The van der Waals surface area contributed by atoms with Crippen LogP contribution in [-0.2, 0) is 9.47 Å². The van der Waals surface area contributed by atoms with Crippen LogP contribution in [-0.4, -0.2) is 51.4 Å². The zero-order valence-electron chi connectivity index (χ0n) is 10.6. The summed E-state index contributed by atoms with van der Waals surface area (Å²) in [6.07, 6.45) is -15.4. The zero-order chi connectivity index (χ0) is 15.1. The third-order valence-corrected chi connectivity index (χ3v) is 2.07. The fraction of sp³-hybridized carbons (Fsp3) is 1.00. The van der Waals surface area contributed by atoms with Gasteiger partial charge in [0.1, 0.15) is 0 Å². The zero-order valence-corrected chi connectivity index (χ0v) is 10.6. The Bertz CT molecular complexity index is 229. The molecular formula is C10H17F6NO2. The van der Waals surface area contributed by atoms with Crippen LogP contribution in [0.5, 0.6) is 0 Å². The third-order valence-electron chi connectivity index (χ3n) is 2.07. The van der Waals surface area contributed by atoms with Gasteiger partial charge in [0.2, 0.25) is 6.10 Å². The van der Waals surface area contributed by atoms with Crippen LogP contribution in [0.3, 0.4) is 0 Å². The molecule has 0 radical (unpaired) electrons. The van der Waals surface area contributed by atoms with Gasteiger partial charge in [-0.2, -0.15) is 26.3 Å². The Hall–Kier alpha value is -0.540. The molecule has 0 aliphatic rings. The molecule has 0 bridgehead atoms. The molecule has 0 aliphatic heterocycles. The Morgan fingerprint density at radius 3 is 1.95 bits per heavy atom. The Kier molecular flexibility index (Phi) is 7.68. The van der Waals surface area contributed by atoms with E-state index in [0.717, 1.165) is 0 Å². The van der Waals surface area contributed by atoms with Gasteiger partial charge in [0.15, 0.2) is 0 Å². The maximum Gasteiger partial charge on any atom is 0.423 e. The smallest absolute Gasteiger partial charge is 0.382 e. The van der Waals surface area contributed by atoms with E-state index in [1.165, 1.54) is 7.11 Å². The summed E-state index contributed by atoms with van der Waals surface area (Å²) in [6.45, 7) is 1.77. The highest BCUT2D eigenvalue weighted by Gasteiger charge is 2.58. The average molecular weight is 297 g/mol. The highest BCUT2D eigenvalue weighted by Crippen LogP contribution is 2.36. The van der Waals surface area contributed by atoms with Crippen molar-refractivity contribution in [2.45, 2.75) is 37.9 Å². The molecule has 0 amide bonds. The SMILES string of the molecule is CCCNCC(COC)OC(C(F)(F)F)C(F)(F)F. The van der Waals surface area contributed by atoms with E-state index in [1.54, 1.807) is 0 Å². The number of hydrogen-bond acceptors (Lipinski definition) is 3.